The molecule has 0 heterocycles. The van der Waals surface area contributed by atoms with Gasteiger partial charge in [0.1, 0.15) is 0 Å². The van der Waals surface area contributed by atoms with Crippen LogP contribution in [0.1, 0.15) is 65.2 Å². The first-order chi connectivity index (χ1) is 7.14. The molecule has 1 aliphatic carbocycles. The number of carboxylic acid groups (broad SMARTS) is 1. The fraction of sp³-hybridized carbons (Fsp3) is 0.923. The van der Waals surface area contributed by atoms with Gasteiger partial charge in [0.05, 0.1) is 5.41 Å². The molecule has 0 radical (unpaired) electrons. The van der Waals surface area contributed by atoms with Crippen molar-refractivity contribution in [1.29, 1.82) is 0 Å². The second-order valence-electron chi connectivity index (χ2n) is 5.06. The van der Waals surface area contributed by atoms with Gasteiger partial charge in [0, 0.05) is 0 Å². The Morgan fingerprint density at radius 2 is 2.20 bits per heavy atom. The first-order valence-electron chi connectivity index (χ1n) is 6.38. The number of hydrogen-bond donors (Lipinski definition) is 1. The lowest BCUT2D eigenvalue weighted by molar-refractivity contribution is -0.153. The van der Waals surface area contributed by atoms with E-state index in [1.54, 1.807) is 0 Å². The molecule has 0 aliphatic heterocycles. The molecule has 0 aromatic carbocycles. The number of hydrogen-bond acceptors (Lipinski definition) is 1. The van der Waals surface area contributed by atoms with E-state index in [-0.39, 0.29) is 5.41 Å². The molecule has 2 unspecified atom stereocenters. The van der Waals surface area contributed by atoms with E-state index in [9.17, 15) is 9.90 Å². The predicted molar refractivity (Wildman–Crippen MR) is 61.8 cm³/mol. The van der Waals surface area contributed by atoms with Crippen molar-refractivity contribution in [2.24, 2.45) is 11.3 Å². The average Bonchev–Trinajstić information content (AvgIpc) is 2.26. The second-order valence-corrected chi connectivity index (χ2v) is 5.06. The van der Waals surface area contributed by atoms with Crippen LogP contribution in [0.15, 0.2) is 0 Å². The molecule has 0 saturated heterocycles. The van der Waals surface area contributed by atoms with Crippen LogP contribution in [0.4, 0.5) is 0 Å². The van der Waals surface area contributed by atoms with Crippen molar-refractivity contribution >= 4 is 5.97 Å². The highest BCUT2D eigenvalue weighted by molar-refractivity contribution is 5.74. The van der Waals surface area contributed by atoms with Crippen molar-refractivity contribution < 1.29 is 9.90 Å². The lowest BCUT2D eigenvalue weighted by Crippen LogP contribution is -2.36. The van der Waals surface area contributed by atoms with Gasteiger partial charge in [-0.3, -0.25) is 4.79 Å². The Balaban J connectivity index is 2.66. The van der Waals surface area contributed by atoms with Crippen molar-refractivity contribution in [2.45, 2.75) is 65.2 Å². The minimum absolute atomic E-state index is 0.380. The van der Waals surface area contributed by atoms with Crippen LogP contribution in [-0.4, -0.2) is 11.1 Å². The summed E-state index contributed by atoms with van der Waals surface area (Å²) in [6.45, 7) is 4.32. The predicted octanol–water partition coefficient (Wildman–Crippen LogP) is 3.85. The zero-order valence-corrected chi connectivity index (χ0v) is 10.1. The highest BCUT2D eigenvalue weighted by Gasteiger charge is 2.41. The van der Waals surface area contributed by atoms with E-state index in [4.69, 9.17) is 0 Å². The van der Waals surface area contributed by atoms with Gasteiger partial charge >= 0.3 is 5.97 Å². The summed E-state index contributed by atoms with van der Waals surface area (Å²) in [6.07, 6.45) is 8.34. The third kappa shape index (κ3) is 2.96. The van der Waals surface area contributed by atoms with Crippen molar-refractivity contribution in [1.82, 2.24) is 0 Å². The van der Waals surface area contributed by atoms with Gasteiger partial charge in [0.2, 0.25) is 0 Å². The molecule has 0 aromatic heterocycles. The average molecular weight is 212 g/mol. The van der Waals surface area contributed by atoms with Crippen LogP contribution >= 0.6 is 0 Å². The number of aliphatic carboxylic acids is 1. The highest BCUT2D eigenvalue weighted by atomic mass is 16.4. The standard InChI is InChI=1S/C13H24O2/c1-3-5-8-13(12(14)15)9-6-7-11(4-2)10-13/h11H,3-10H2,1-2H3,(H,14,15). The first kappa shape index (κ1) is 12.5. The largest absolute Gasteiger partial charge is 0.481 e. The summed E-state index contributed by atoms with van der Waals surface area (Å²) in [7, 11) is 0. The maximum absolute atomic E-state index is 11.4. The minimum atomic E-state index is -0.547. The third-order valence-corrected chi connectivity index (χ3v) is 3.99. The zero-order chi connectivity index (χ0) is 11.3. The van der Waals surface area contributed by atoms with Crippen molar-refractivity contribution in [3.05, 3.63) is 0 Å². The molecule has 0 bridgehead atoms. The quantitative estimate of drug-likeness (QED) is 0.751. The maximum Gasteiger partial charge on any atom is 0.309 e. The molecule has 1 saturated carbocycles. The lowest BCUT2D eigenvalue weighted by Gasteiger charge is -2.37. The van der Waals surface area contributed by atoms with Crippen molar-refractivity contribution in [3.63, 3.8) is 0 Å². The number of rotatable bonds is 5. The molecule has 0 spiro atoms. The Morgan fingerprint density at radius 3 is 2.73 bits per heavy atom. The van der Waals surface area contributed by atoms with Gasteiger partial charge in [0.15, 0.2) is 0 Å². The molecule has 88 valence electrons. The SMILES string of the molecule is CCCCC1(C(=O)O)CCCC(CC)C1. The molecule has 1 aliphatic rings. The fourth-order valence-corrected chi connectivity index (χ4v) is 2.88. The van der Waals surface area contributed by atoms with Crippen LogP contribution in [0.3, 0.4) is 0 Å². The summed E-state index contributed by atoms with van der Waals surface area (Å²) in [5.74, 6) is 0.0980. The van der Waals surface area contributed by atoms with E-state index in [0.29, 0.717) is 5.92 Å². The van der Waals surface area contributed by atoms with E-state index in [1.165, 1.54) is 6.42 Å². The maximum atomic E-state index is 11.4. The summed E-state index contributed by atoms with van der Waals surface area (Å²) in [5.41, 5.74) is -0.380. The second kappa shape index (κ2) is 5.53. The van der Waals surface area contributed by atoms with Crippen LogP contribution in [0.2, 0.25) is 0 Å². The van der Waals surface area contributed by atoms with Crippen LogP contribution < -0.4 is 0 Å². The zero-order valence-electron chi connectivity index (χ0n) is 10.1. The number of carbonyl (C=O) groups is 1. The molecule has 1 rings (SSSR count). The molecule has 0 amide bonds. The Bertz CT molecular complexity index is 213. The molecule has 15 heavy (non-hydrogen) atoms. The van der Waals surface area contributed by atoms with Gasteiger partial charge in [-0.25, -0.2) is 0 Å². The van der Waals surface area contributed by atoms with E-state index >= 15 is 0 Å². The van der Waals surface area contributed by atoms with Crippen LogP contribution in [0, 0.1) is 11.3 Å². The van der Waals surface area contributed by atoms with Gasteiger partial charge in [-0.2, -0.15) is 0 Å². The molecule has 2 nitrogen and oxygen atoms in total. The van der Waals surface area contributed by atoms with E-state index in [1.807, 2.05) is 0 Å². The Hall–Kier alpha value is -0.530. The summed E-state index contributed by atoms with van der Waals surface area (Å²) >= 11 is 0. The van der Waals surface area contributed by atoms with Crippen LogP contribution in [0.25, 0.3) is 0 Å². The highest BCUT2D eigenvalue weighted by Crippen LogP contribution is 2.44. The van der Waals surface area contributed by atoms with Crippen molar-refractivity contribution in [3.8, 4) is 0 Å². The molecular weight excluding hydrogens is 188 g/mol. The van der Waals surface area contributed by atoms with Gasteiger partial charge in [-0.15, -0.1) is 0 Å². The van der Waals surface area contributed by atoms with Crippen molar-refractivity contribution in [2.75, 3.05) is 0 Å². The first-order valence-corrected chi connectivity index (χ1v) is 6.38. The van der Waals surface area contributed by atoms with E-state index < -0.39 is 5.97 Å². The van der Waals surface area contributed by atoms with Crippen LogP contribution in [-0.2, 0) is 4.79 Å². The summed E-state index contributed by atoms with van der Waals surface area (Å²) in [6, 6.07) is 0. The molecule has 0 aromatic rings. The molecule has 2 heteroatoms. The molecule has 1 N–H and O–H groups in total. The Labute approximate surface area is 93.1 Å². The molecular formula is C13H24O2. The summed E-state index contributed by atoms with van der Waals surface area (Å²) in [5, 5.41) is 9.43. The Kier molecular flexibility index (Phi) is 4.62. The van der Waals surface area contributed by atoms with Gasteiger partial charge in [0.25, 0.3) is 0 Å². The third-order valence-electron chi connectivity index (χ3n) is 3.99. The Morgan fingerprint density at radius 1 is 1.47 bits per heavy atom. The summed E-state index contributed by atoms with van der Waals surface area (Å²) in [4.78, 5) is 11.4. The van der Waals surface area contributed by atoms with E-state index in [0.717, 1.165) is 44.9 Å². The van der Waals surface area contributed by atoms with Crippen LogP contribution in [0.5, 0.6) is 0 Å². The molecule has 1 fully saturated rings. The smallest absolute Gasteiger partial charge is 0.309 e. The fourth-order valence-electron chi connectivity index (χ4n) is 2.88. The van der Waals surface area contributed by atoms with Gasteiger partial charge < -0.3 is 5.11 Å². The monoisotopic (exact) mass is 212 g/mol. The lowest BCUT2D eigenvalue weighted by atomic mass is 9.66. The normalized spacial score (nSPS) is 31.5. The van der Waals surface area contributed by atoms with Gasteiger partial charge in [-0.05, 0) is 25.2 Å². The van der Waals surface area contributed by atoms with Gasteiger partial charge in [-0.1, -0.05) is 46.0 Å². The molecule has 2 atom stereocenters. The topological polar surface area (TPSA) is 37.3 Å². The summed E-state index contributed by atoms with van der Waals surface area (Å²) < 4.78 is 0. The number of carboxylic acids is 1. The minimum Gasteiger partial charge on any atom is -0.481 e. The number of unbranched alkanes of at least 4 members (excludes halogenated alkanes) is 1. The van der Waals surface area contributed by atoms with E-state index in [2.05, 4.69) is 13.8 Å².